The first kappa shape index (κ1) is 14.1. The van der Waals surface area contributed by atoms with Crippen LogP contribution in [0.4, 0.5) is 0 Å². The molecular weight excluding hydrogens is 234 g/mol. The molecule has 0 fully saturated rings. The molecule has 17 heavy (non-hydrogen) atoms. The van der Waals surface area contributed by atoms with Crippen molar-refractivity contribution in [2.45, 2.75) is 12.5 Å². The smallest absolute Gasteiger partial charge is 0.331 e. The van der Waals surface area contributed by atoms with Crippen LogP contribution in [0.5, 0.6) is 0 Å². The van der Waals surface area contributed by atoms with Crippen molar-refractivity contribution < 1.29 is 9.53 Å². The molecule has 1 N–H and O–H groups in total. The Kier molecular flexibility index (Phi) is 5.51. The first-order valence-electron chi connectivity index (χ1n) is 5.62. The lowest BCUT2D eigenvalue weighted by atomic mass is 9.92. The summed E-state index contributed by atoms with van der Waals surface area (Å²) in [4.78, 5) is 12.1. The number of hydrogen-bond donors (Lipinski definition) is 1. The van der Waals surface area contributed by atoms with Crippen LogP contribution in [0, 0.1) is 0 Å². The van der Waals surface area contributed by atoms with Crippen molar-refractivity contribution in [2.75, 3.05) is 25.7 Å². The highest BCUT2D eigenvalue weighted by atomic mass is 32.2. The molecule has 0 radical (unpaired) electrons. The molecule has 1 unspecified atom stereocenters. The molecule has 1 aromatic carbocycles. The largest absolute Gasteiger partial charge is 0.467 e. The molecule has 0 bridgehead atoms. The van der Waals surface area contributed by atoms with Gasteiger partial charge in [-0.15, -0.1) is 0 Å². The van der Waals surface area contributed by atoms with Gasteiger partial charge in [-0.2, -0.15) is 11.8 Å². The molecule has 0 aliphatic carbocycles. The van der Waals surface area contributed by atoms with Crippen LogP contribution in [-0.2, 0) is 15.1 Å². The maximum Gasteiger partial charge on any atom is 0.331 e. The summed E-state index contributed by atoms with van der Waals surface area (Å²) in [7, 11) is 3.22. The number of thioether (sulfide) groups is 1. The second-order valence-electron chi connectivity index (χ2n) is 3.65. The molecule has 0 heterocycles. The monoisotopic (exact) mass is 253 g/mol. The Morgan fingerprint density at radius 1 is 1.41 bits per heavy atom. The van der Waals surface area contributed by atoms with E-state index in [1.54, 1.807) is 18.8 Å². The van der Waals surface area contributed by atoms with Crippen LogP contribution >= 0.6 is 11.8 Å². The van der Waals surface area contributed by atoms with Crippen molar-refractivity contribution >= 4 is 17.7 Å². The van der Waals surface area contributed by atoms with Crippen LogP contribution < -0.4 is 5.32 Å². The third-order valence-corrected chi connectivity index (χ3v) is 3.80. The van der Waals surface area contributed by atoms with Gasteiger partial charge in [-0.25, -0.2) is 4.79 Å². The van der Waals surface area contributed by atoms with E-state index < -0.39 is 5.54 Å². The number of methoxy groups -OCH3 is 1. The maximum absolute atomic E-state index is 12.1. The summed E-state index contributed by atoms with van der Waals surface area (Å²) in [5.41, 5.74) is 0.187. The normalized spacial score (nSPS) is 14.1. The Labute approximate surface area is 107 Å². The Bertz CT molecular complexity index is 356. The van der Waals surface area contributed by atoms with Gasteiger partial charge in [0.2, 0.25) is 0 Å². The van der Waals surface area contributed by atoms with Crippen molar-refractivity contribution in [1.82, 2.24) is 5.32 Å². The molecule has 1 rings (SSSR count). The van der Waals surface area contributed by atoms with Gasteiger partial charge in [-0.3, -0.25) is 0 Å². The van der Waals surface area contributed by atoms with Crippen LogP contribution in [0.3, 0.4) is 0 Å². The summed E-state index contributed by atoms with van der Waals surface area (Å²) in [5, 5.41) is 3.12. The molecule has 1 aromatic rings. The Morgan fingerprint density at radius 2 is 2.06 bits per heavy atom. The minimum atomic E-state index is -0.753. The van der Waals surface area contributed by atoms with E-state index in [-0.39, 0.29) is 5.97 Å². The highest BCUT2D eigenvalue weighted by Crippen LogP contribution is 2.26. The Morgan fingerprint density at radius 3 is 2.53 bits per heavy atom. The van der Waals surface area contributed by atoms with E-state index in [0.717, 1.165) is 11.3 Å². The number of esters is 1. The highest BCUT2D eigenvalue weighted by molar-refractivity contribution is 7.99. The summed E-state index contributed by atoms with van der Waals surface area (Å²) in [6, 6.07) is 9.70. The molecule has 0 amide bonds. The van der Waals surface area contributed by atoms with Gasteiger partial charge in [0.25, 0.3) is 0 Å². The topological polar surface area (TPSA) is 38.3 Å². The minimum Gasteiger partial charge on any atom is -0.467 e. The molecule has 94 valence electrons. The SMILES string of the molecule is CCSCC(NC)(C(=O)OC)c1ccccc1. The number of likely N-dealkylation sites (N-methyl/N-ethyl adjacent to an activating group) is 1. The van der Waals surface area contributed by atoms with Gasteiger partial charge in [0.1, 0.15) is 0 Å². The van der Waals surface area contributed by atoms with Gasteiger partial charge < -0.3 is 10.1 Å². The predicted octanol–water partition coefficient (Wildman–Crippen LogP) is 2.03. The lowest BCUT2D eigenvalue weighted by molar-refractivity contribution is -0.147. The summed E-state index contributed by atoms with van der Waals surface area (Å²) >= 11 is 1.71. The number of rotatable bonds is 6. The fourth-order valence-corrected chi connectivity index (χ4v) is 2.67. The average Bonchev–Trinajstić information content (AvgIpc) is 2.41. The van der Waals surface area contributed by atoms with Gasteiger partial charge in [-0.05, 0) is 18.4 Å². The van der Waals surface area contributed by atoms with E-state index in [0.29, 0.717) is 5.75 Å². The third-order valence-electron chi connectivity index (χ3n) is 2.75. The molecular formula is C13H19NO2S. The first-order chi connectivity index (χ1) is 8.21. The maximum atomic E-state index is 12.1. The van der Waals surface area contributed by atoms with E-state index in [2.05, 4.69) is 12.2 Å². The van der Waals surface area contributed by atoms with Gasteiger partial charge in [0, 0.05) is 5.75 Å². The van der Waals surface area contributed by atoms with Crippen molar-refractivity contribution in [3.05, 3.63) is 35.9 Å². The Hall–Kier alpha value is -1.00. The molecule has 0 spiro atoms. The molecule has 0 saturated carbocycles. The first-order valence-corrected chi connectivity index (χ1v) is 6.77. The lowest BCUT2D eigenvalue weighted by Crippen LogP contribution is -2.50. The van der Waals surface area contributed by atoms with Gasteiger partial charge >= 0.3 is 5.97 Å². The molecule has 0 aliphatic heterocycles. The predicted molar refractivity (Wildman–Crippen MR) is 72.2 cm³/mol. The summed E-state index contributed by atoms with van der Waals surface area (Å²) in [5.74, 6) is 1.39. The van der Waals surface area contributed by atoms with Crippen LogP contribution in [-0.4, -0.2) is 31.6 Å². The van der Waals surface area contributed by atoms with Gasteiger partial charge in [0.05, 0.1) is 7.11 Å². The van der Waals surface area contributed by atoms with Crippen LogP contribution in [0.2, 0.25) is 0 Å². The fraction of sp³-hybridized carbons (Fsp3) is 0.462. The summed E-state index contributed by atoms with van der Waals surface area (Å²) < 4.78 is 4.94. The van der Waals surface area contributed by atoms with E-state index in [9.17, 15) is 4.79 Å². The third kappa shape index (κ3) is 3.01. The summed E-state index contributed by atoms with van der Waals surface area (Å²) in [6.07, 6.45) is 0. The summed E-state index contributed by atoms with van der Waals surface area (Å²) in [6.45, 7) is 2.08. The second kappa shape index (κ2) is 6.67. The number of ether oxygens (including phenoxy) is 1. The zero-order valence-corrected chi connectivity index (χ0v) is 11.3. The zero-order chi connectivity index (χ0) is 12.7. The molecule has 0 aromatic heterocycles. The van der Waals surface area contributed by atoms with Crippen molar-refractivity contribution in [2.24, 2.45) is 0 Å². The van der Waals surface area contributed by atoms with E-state index in [4.69, 9.17) is 4.74 Å². The van der Waals surface area contributed by atoms with E-state index in [1.807, 2.05) is 30.3 Å². The molecule has 3 nitrogen and oxygen atoms in total. The van der Waals surface area contributed by atoms with Crippen molar-refractivity contribution in [3.63, 3.8) is 0 Å². The molecule has 0 aliphatic rings. The number of nitrogens with one attached hydrogen (secondary N) is 1. The second-order valence-corrected chi connectivity index (χ2v) is 4.92. The minimum absolute atomic E-state index is 0.243. The average molecular weight is 253 g/mol. The van der Waals surface area contributed by atoms with Crippen molar-refractivity contribution in [1.29, 1.82) is 0 Å². The number of carbonyl (C=O) groups excluding carboxylic acids is 1. The molecule has 4 heteroatoms. The van der Waals surface area contributed by atoms with Crippen LogP contribution in [0.25, 0.3) is 0 Å². The molecule has 1 atom stereocenters. The number of benzene rings is 1. The van der Waals surface area contributed by atoms with E-state index >= 15 is 0 Å². The van der Waals surface area contributed by atoms with Crippen LogP contribution in [0.15, 0.2) is 30.3 Å². The zero-order valence-electron chi connectivity index (χ0n) is 10.5. The van der Waals surface area contributed by atoms with Gasteiger partial charge in [-0.1, -0.05) is 37.3 Å². The standard InChI is InChI=1S/C13H19NO2S/c1-4-17-10-13(14-2,12(15)16-3)11-8-6-5-7-9-11/h5-9,14H,4,10H2,1-3H3. The van der Waals surface area contributed by atoms with Crippen LogP contribution in [0.1, 0.15) is 12.5 Å². The quantitative estimate of drug-likeness (QED) is 0.787. The molecule has 0 saturated heterocycles. The van der Waals surface area contributed by atoms with Crippen molar-refractivity contribution in [3.8, 4) is 0 Å². The number of carbonyl (C=O) groups is 1. The van der Waals surface area contributed by atoms with Gasteiger partial charge in [0.15, 0.2) is 5.54 Å². The fourth-order valence-electron chi connectivity index (χ4n) is 1.73. The highest BCUT2D eigenvalue weighted by Gasteiger charge is 2.39. The Balaban J connectivity index is 3.11. The number of hydrogen-bond acceptors (Lipinski definition) is 4. The van der Waals surface area contributed by atoms with E-state index in [1.165, 1.54) is 7.11 Å². The lowest BCUT2D eigenvalue weighted by Gasteiger charge is -2.30.